The standard InChI is InChI=1S/C14H23N3O2/c1-2-19-14-6-3-5-13(15-14)17-8-4-7-16(9-10-17)11-12-18/h3,5-6,18H,2,4,7-12H2,1H3. The van der Waals surface area contributed by atoms with Crippen LogP contribution in [0.15, 0.2) is 18.2 Å². The molecule has 1 saturated heterocycles. The van der Waals surface area contributed by atoms with Crippen LogP contribution in [-0.2, 0) is 0 Å². The Morgan fingerprint density at radius 1 is 1.26 bits per heavy atom. The number of aliphatic hydroxyl groups is 1. The zero-order valence-electron chi connectivity index (χ0n) is 11.6. The van der Waals surface area contributed by atoms with Crippen molar-refractivity contribution < 1.29 is 9.84 Å². The van der Waals surface area contributed by atoms with Crippen molar-refractivity contribution in [2.75, 3.05) is 50.8 Å². The maximum Gasteiger partial charge on any atom is 0.215 e. The van der Waals surface area contributed by atoms with Crippen molar-refractivity contribution in [2.24, 2.45) is 0 Å². The number of anilines is 1. The van der Waals surface area contributed by atoms with Gasteiger partial charge in [-0.05, 0) is 26.0 Å². The molecule has 0 amide bonds. The second-order valence-electron chi connectivity index (χ2n) is 4.67. The Morgan fingerprint density at radius 3 is 2.95 bits per heavy atom. The first-order chi connectivity index (χ1) is 9.33. The molecule has 1 aromatic heterocycles. The summed E-state index contributed by atoms with van der Waals surface area (Å²) in [5.41, 5.74) is 0. The lowest BCUT2D eigenvalue weighted by Crippen LogP contribution is -2.32. The van der Waals surface area contributed by atoms with Crippen LogP contribution < -0.4 is 9.64 Å². The van der Waals surface area contributed by atoms with Gasteiger partial charge < -0.3 is 14.7 Å². The molecule has 1 aliphatic rings. The zero-order chi connectivity index (χ0) is 13.5. The lowest BCUT2D eigenvalue weighted by molar-refractivity contribution is 0.204. The first-order valence-electron chi connectivity index (χ1n) is 7.01. The van der Waals surface area contributed by atoms with Crippen LogP contribution in [0, 0.1) is 0 Å². The lowest BCUT2D eigenvalue weighted by Gasteiger charge is -2.22. The van der Waals surface area contributed by atoms with E-state index < -0.39 is 0 Å². The second kappa shape index (κ2) is 7.31. The predicted octanol–water partition coefficient (Wildman–Crippen LogP) is 0.985. The summed E-state index contributed by atoms with van der Waals surface area (Å²) in [6, 6.07) is 5.91. The number of hydrogen-bond donors (Lipinski definition) is 1. The van der Waals surface area contributed by atoms with E-state index in [0.29, 0.717) is 12.5 Å². The molecule has 0 bridgehead atoms. The summed E-state index contributed by atoms with van der Waals surface area (Å²) in [4.78, 5) is 9.12. The van der Waals surface area contributed by atoms with Gasteiger partial charge in [-0.1, -0.05) is 6.07 Å². The number of ether oxygens (including phenoxy) is 1. The molecular formula is C14H23N3O2. The first kappa shape index (κ1) is 14.1. The van der Waals surface area contributed by atoms with Gasteiger partial charge in [-0.2, -0.15) is 4.98 Å². The number of hydrogen-bond acceptors (Lipinski definition) is 5. The largest absolute Gasteiger partial charge is 0.478 e. The van der Waals surface area contributed by atoms with Gasteiger partial charge in [0.2, 0.25) is 5.88 Å². The summed E-state index contributed by atoms with van der Waals surface area (Å²) in [7, 11) is 0. The van der Waals surface area contributed by atoms with E-state index in [1.54, 1.807) is 0 Å². The summed E-state index contributed by atoms with van der Waals surface area (Å²) >= 11 is 0. The fourth-order valence-electron chi connectivity index (χ4n) is 2.37. The van der Waals surface area contributed by atoms with Crippen molar-refractivity contribution in [3.8, 4) is 5.88 Å². The topological polar surface area (TPSA) is 48.8 Å². The molecule has 2 rings (SSSR count). The number of pyridine rings is 1. The average molecular weight is 265 g/mol. The Bertz CT molecular complexity index is 387. The third-order valence-corrected chi connectivity index (χ3v) is 3.33. The van der Waals surface area contributed by atoms with Crippen molar-refractivity contribution >= 4 is 5.82 Å². The van der Waals surface area contributed by atoms with Crippen LogP contribution in [0.4, 0.5) is 5.82 Å². The average Bonchev–Trinajstić information content (AvgIpc) is 2.66. The van der Waals surface area contributed by atoms with Gasteiger partial charge in [0.25, 0.3) is 0 Å². The Labute approximate surface area is 114 Å². The Kier molecular flexibility index (Phi) is 5.42. The van der Waals surface area contributed by atoms with Gasteiger partial charge in [-0.15, -0.1) is 0 Å². The lowest BCUT2D eigenvalue weighted by atomic mass is 10.3. The van der Waals surface area contributed by atoms with Crippen LogP contribution in [0.1, 0.15) is 13.3 Å². The quantitative estimate of drug-likeness (QED) is 0.860. The molecule has 19 heavy (non-hydrogen) atoms. The van der Waals surface area contributed by atoms with Gasteiger partial charge in [0.15, 0.2) is 0 Å². The summed E-state index contributed by atoms with van der Waals surface area (Å²) in [5.74, 6) is 1.67. The van der Waals surface area contributed by atoms with E-state index in [1.165, 1.54) is 0 Å². The summed E-state index contributed by atoms with van der Waals surface area (Å²) in [6.07, 6.45) is 1.10. The molecule has 0 spiro atoms. The van der Waals surface area contributed by atoms with E-state index in [2.05, 4.69) is 14.8 Å². The molecule has 5 heteroatoms. The van der Waals surface area contributed by atoms with Crippen molar-refractivity contribution in [2.45, 2.75) is 13.3 Å². The molecule has 1 N–H and O–H groups in total. The molecule has 1 aromatic rings. The van der Waals surface area contributed by atoms with Crippen molar-refractivity contribution in [3.05, 3.63) is 18.2 Å². The predicted molar refractivity (Wildman–Crippen MR) is 75.8 cm³/mol. The normalized spacial score (nSPS) is 17.3. The highest BCUT2D eigenvalue weighted by molar-refractivity contribution is 5.40. The van der Waals surface area contributed by atoms with Gasteiger partial charge in [0.05, 0.1) is 13.2 Å². The van der Waals surface area contributed by atoms with Crippen LogP contribution >= 0.6 is 0 Å². The number of rotatable bonds is 5. The van der Waals surface area contributed by atoms with Gasteiger partial charge in [-0.3, -0.25) is 4.90 Å². The van der Waals surface area contributed by atoms with E-state index in [4.69, 9.17) is 9.84 Å². The van der Waals surface area contributed by atoms with E-state index in [9.17, 15) is 0 Å². The smallest absolute Gasteiger partial charge is 0.215 e. The molecule has 106 valence electrons. The minimum absolute atomic E-state index is 0.234. The van der Waals surface area contributed by atoms with Crippen LogP contribution in [0.3, 0.4) is 0 Å². The molecule has 0 unspecified atom stereocenters. The summed E-state index contributed by atoms with van der Waals surface area (Å²) in [5, 5.41) is 9.00. The summed E-state index contributed by atoms with van der Waals surface area (Å²) < 4.78 is 5.45. The first-order valence-corrected chi connectivity index (χ1v) is 7.01. The number of aromatic nitrogens is 1. The third-order valence-electron chi connectivity index (χ3n) is 3.33. The van der Waals surface area contributed by atoms with E-state index in [1.807, 2.05) is 25.1 Å². The maximum atomic E-state index is 9.00. The minimum atomic E-state index is 0.234. The van der Waals surface area contributed by atoms with Gasteiger partial charge >= 0.3 is 0 Å². The monoisotopic (exact) mass is 265 g/mol. The second-order valence-corrected chi connectivity index (χ2v) is 4.67. The molecule has 0 aromatic carbocycles. The SMILES string of the molecule is CCOc1cccc(N2CCCN(CCO)CC2)n1. The van der Waals surface area contributed by atoms with Crippen molar-refractivity contribution in [1.29, 1.82) is 0 Å². The molecule has 2 heterocycles. The minimum Gasteiger partial charge on any atom is -0.478 e. The molecular weight excluding hydrogens is 242 g/mol. The molecule has 1 aliphatic heterocycles. The third kappa shape index (κ3) is 4.08. The highest BCUT2D eigenvalue weighted by Gasteiger charge is 2.15. The molecule has 5 nitrogen and oxygen atoms in total. The fraction of sp³-hybridized carbons (Fsp3) is 0.643. The Morgan fingerprint density at radius 2 is 2.16 bits per heavy atom. The number of nitrogens with zero attached hydrogens (tertiary/aromatic N) is 3. The van der Waals surface area contributed by atoms with E-state index >= 15 is 0 Å². The van der Waals surface area contributed by atoms with Crippen LogP contribution in [0.5, 0.6) is 5.88 Å². The Balaban J connectivity index is 1.99. The van der Waals surface area contributed by atoms with Gasteiger partial charge in [0, 0.05) is 32.2 Å². The Hall–Kier alpha value is -1.33. The van der Waals surface area contributed by atoms with Crippen LogP contribution in [-0.4, -0.2) is 60.9 Å². The fourth-order valence-corrected chi connectivity index (χ4v) is 2.37. The van der Waals surface area contributed by atoms with Crippen LogP contribution in [0.25, 0.3) is 0 Å². The van der Waals surface area contributed by atoms with Gasteiger partial charge in [0.1, 0.15) is 5.82 Å². The molecule has 0 aliphatic carbocycles. The molecule has 0 atom stereocenters. The zero-order valence-corrected chi connectivity index (χ0v) is 11.6. The van der Waals surface area contributed by atoms with E-state index in [-0.39, 0.29) is 6.61 Å². The van der Waals surface area contributed by atoms with Gasteiger partial charge in [-0.25, -0.2) is 0 Å². The molecule has 0 saturated carbocycles. The molecule has 0 radical (unpaired) electrons. The van der Waals surface area contributed by atoms with Crippen molar-refractivity contribution in [1.82, 2.24) is 9.88 Å². The number of aliphatic hydroxyl groups excluding tert-OH is 1. The maximum absolute atomic E-state index is 9.00. The summed E-state index contributed by atoms with van der Waals surface area (Å²) in [6.45, 7) is 7.57. The number of β-amino-alcohol motifs (C(OH)–C–C–N with tert-alkyl or cyclic N) is 1. The van der Waals surface area contributed by atoms with E-state index in [0.717, 1.165) is 45.0 Å². The van der Waals surface area contributed by atoms with Crippen molar-refractivity contribution in [3.63, 3.8) is 0 Å². The highest BCUT2D eigenvalue weighted by atomic mass is 16.5. The molecule has 1 fully saturated rings. The van der Waals surface area contributed by atoms with Crippen LogP contribution in [0.2, 0.25) is 0 Å². The highest BCUT2D eigenvalue weighted by Crippen LogP contribution is 2.17.